The molecule has 4 nitrogen and oxygen atoms in total. The number of hydrogen-bond acceptors (Lipinski definition) is 4. The molecule has 0 fully saturated rings. The Labute approximate surface area is 79.2 Å². The molecular weight excluding hydrogens is 172 g/mol. The molecule has 0 unspecified atom stereocenters. The summed E-state index contributed by atoms with van der Waals surface area (Å²) in [6.45, 7) is 8.51. The van der Waals surface area contributed by atoms with Crippen LogP contribution >= 0.6 is 0 Å². The van der Waals surface area contributed by atoms with E-state index in [4.69, 9.17) is 9.47 Å². The lowest BCUT2D eigenvalue weighted by molar-refractivity contribution is -0.0326. The van der Waals surface area contributed by atoms with Crippen molar-refractivity contribution in [2.24, 2.45) is 0 Å². The van der Waals surface area contributed by atoms with Crippen molar-refractivity contribution in [3.05, 3.63) is 0 Å². The zero-order valence-electron chi connectivity index (χ0n) is 8.75. The second-order valence-electron chi connectivity index (χ2n) is 3.49. The molecule has 0 aromatic heterocycles. The molecule has 0 spiro atoms. The van der Waals surface area contributed by atoms with Crippen LogP contribution in [0.25, 0.3) is 0 Å². The minimum atomic E-state index is -0.639. The molecule has 0 amide bonds. The molecule has 0 atom stereocenters. The summed E-state index contributed by atoms with van der Waals surface area (Å²) in [5.74, 6) is 0. The maximum absolute atomic E-state index is 10.7. The number of carbonyl (C=O) groups is 1. The first-order valence-electron chi connectivity index (χ1n) is 4.39. The van der Waals surface area contributed by atoms with Gasteiger partial charge in [-0.05, 0) is 27.7 Å². The van der Waals surface area contributed by atoms with E-state index in [1.807, 2.05) is 20.8 Å². The van der Waals surface area contributed by atoms with Crippen LogP contribution in [0.15, 0.2) is 0 Å². The minimum Gasteiger partial charge on any atom is -0.435 e. The third-order valence-corrected chi connectivity index (χ3v) is 1.10. The first kappa shape index (κ1) is 12.2. The summed E-state index contributed by atoms with van der Waals surface area (Å²) < 4.78 is 14.6. The molecule has 0 aromatic rings. The Bertz CT molecular complexity index is 148. The summed E-state index contributed by atoms with van der Waals surface area (Å²) in [5, 5.41) is 0. The molecule has 0 heterocycles. The minimum absolute atomic E-state index is 0.196. The van der Waals surface area contributed by atoms with Gasteiger partial charge in [0.2, 0.25) is 0 Å². The van der Waals surface area contributed by atoms with Gasteiger partial charge in [-0.1, -0.05) is 0 Å². The van der Waals surface area contributed by atoms with Gasteiger partial charge in [-0.2, -0.15) is 0 Å². The quantitative estimate of drug-likeness (QED) is 0.502. The monoisotopic (exact) mass is 190 g/mol. The molecule has 0 saturated carbocycles. The first-order chi connectivity index (χ1) is 5.95. The van der Waals surface area contributed by atoms with Crippen LogP contribution in [-0.4, -0.2) is 31.6 Å². The lowest BCUT2D eigenvalue weighted by atomic mass is 10.2. The zero-order valence-corrected chi connectivity index (χ0v) is 8.75. The van der Waals surface area contributed by atoms with Gasteiger partial charge in [0, 0.05) is 0 Å². The van der Waals surface area contributed by atoms with Crippen molar-refractivity contribution in [2.75, 3.05) is 19.8 Å². The normalized spacial score (nSPS) is 11.1. The average Bonchev–Trinajstić information content (AvgIpc) is 1.97. The average molecular weight is 190 g/mol. The predicted octanol–water partition coefficient (Wildman–Crippen LogP) is 1.97. The molecule has 0 aliphatic heterocycles. The Morgan fingerprint density at radius 1 is 1.15 bits per heavy atom. The van der Waals surface area contributed by atoms with Gasteiger partial charge in [0.05, 0.1) is 18.8 Å². The van der Waals surface area contributed by atoms with E-state index in [-0.39, 0.29) is 12.2 Å². The number of ether oxygens (including phenoxy) is 3. The molecule has 0 radical (unpaired) electrons. The highest BCUT2D eigenvalue weighted by Crippen LogP contribution is 2.05. The smallest absolute Gasteiger partial charge is 0.435 e. The molecular formula is C9H18O4. The van der Waals surface area contributed by atoms with E-state index in [9.17, 15) is 4.79 Å². The molecule has 0 saturated heterocycles. The van der Waals surface area contributed by atoms with E-state index < -0.39 is 6.16 Å². The van der Waals surface area contributed by atoms with Crippen molar-refractivity contribution in [3.8, 4) is 0 Å². The van der Waals surface area contributed by atoms with E-state index in [1.54, 1.807) is 6.92 Å². The third kappa shape index (κ3) is 9.14. The fraction of sp³-hybridized carbons (Fsp3) is 0.889. The van der Waals surface area contributed by atoms with Crippen molar-refractivity contribution in [3.63, 3.8) is 0 Å². The summed E-state index contributed by atoms with van der Waals surface area (Å²) in [7, 11) is 0. The van der Waals surface area contributed by atoms with E-state index in [2.05, 4.69) is 4.74 Å². The molecule has 0 rings (SSSR count). The van der Waals surface area contributed by atoms with Gasteiger partial charge in [-0.15, -0.1) is 0 Å². The Kier molecular flexibility index (Phi) is 5.46. The van der Waals surface area contributed by atoms with Crippen molar-refractivity contribution in [1.82, 2.24) is 0 Å². The molecule has 0 aliphatic rings. The predicted molar refractivity (Wildman–Crippen MR) is 48.7 cm³/mol. The Morgan fingerprint density at radius 3 is 2.23 bits per heavy atom. The van der Waals surface area contributed by atoms with Crippen molar-refractivity contribution < 1.29 is 19.0 Å². The van der Waals surface area contributed by atoms with E-state index in [0.717, 1.165) is 0 Å². The van der Waals surface area contributed by atoms with Crippen LogP contribution in [0.4, 0.5) is 4.79 Å². The van der Waals surface area contributed by atoms with Crippen LogP contribution in [0.3, 0.4) is 0 Å². The van der Waals surface area contributed by atoms with E-state index in [0.29, 0.717) is 13.2 Å². The lowest BCUT2D eigenvalue weighted by Crippen LogP contribution is -2.22. The first-order valence-corrected chi connectivity index (χ1v) is 4.39. The van der Waals surface area contributed by atoms with E-state index >= 15 is 0 Å². The van der Waals surface area contributed by atoms with Gasteiger partial charge in [-0.3, -0.25) is 0 Å². The van der Waals surface area contributed by atoms with Crippen LogP contribution in [0.2, 0.25) is 0 Å². The summed E-state index contributed by atoms with van der Waals surface area (Å²) in [4.78, 5) is 10.7. The molecule has 0 N–H and O–H groups in total. The summed E-state index contributed by atoms with van der Waals surface area (Å²) in [5.41, 5.74) is -0.196. The number of hydrogen-bond donors (Lipinski definition) is 0. The molecule has 0 aromatic carbocycles. The maximum atomic E-state index is 10.7. The van der Waals surface area contributed by atoms with Gasteiger partial charge in [0.15, 0.2) is 0 Å². The summed E-state index contributed by atoms with van der Waals surface area (Å²) in [6, 6.07) is 0. The topological polar surface area (TPSA) is 44.8 Å². The van der Waals surface area contributed by atoms with Gasteiger partial charge in [-0.25, -0.2) is 4.79 Å². The standard InChI is InChI=1S/C9H18O4/c1-5-11-8(10)12-6-7-13-9(2,3)4/h5-7H2,1-4H3. The summed E-state index contributed by atoms with van der Waals surface area (Å²) in [6.07, 6.45) is -0.639. The molecule has 4 heteroatoms. The highest BCUT2D eigenvalue weighted by Gasteiger charge is 2.10. The molecule has 13 heavy (non-hydrogen) atoms. The Hall–Kier alpha value is -0.770. The summed E-state index contributed by atoms with van der Waals surface area (Å²) >= 11 is 0. The molecule has 78 valence electrons. The maximum Gasteiger partial charge on any atom is 0.508 e. The van der Waals surface area contributed by atoms with Crippen molar-refractivity contribution >= 4 is 6.16 Å². The fourth-order valence-corrected chi connectivity index (χ4v) is 0.632. The van der Waals surface area contributed by atoms with Crippen molar-refractivity contribution in [1.29, 1.82) is 0 Å². The number of carbonyl (C=O) groups excluding carboxylic acids is 1. The highest BCUT2D eigenvalue weighted by molar-refractivity contribution is 5.59. The second kappa shape index (κ2) is 5.80. The van der Waals surface area contributed by atoms with E-state index in [1.165, 1.54) is 0 Å². The van der Waals surface area contributed by atoms with Gasteiger partial charge >= 0.3 is 6.16 Å². The number of rotatable bonds is 4. The molecule has 0 aliphatic carbocycles. The Balaban J connectivity index is 3.31. The second-order valence-corrected chi connectivity index (χ2v) is 3.49. The van der Waals surface area contributed by atoms with Gasteiger partial charge in [0.25, 0.3) is 0 Å². The van der Waals surface area contributed by atoms with Gasteiger partial charge < -0.3 is 14.2 Å². The van der Waals surface area contributed by atoms with Crippen LogP contribution in [0, 0.1) is 0 Å². The fourth-order valence-electron chi connectivity index (χ4n) is 0.632. The SMILES string of the molecule is CCOC(=O)OCCOC(C)(C)C. The largest absolute Gasteiger partial charge is 0.508 e. The lowest BCUT2D eigenvalue weighted by Gasteiger charge is -2.19. The van der Waals surface area contributed by atoms with Crippen LogP contribution in [0.1, 0.15) is 27.7 Å². The van der Waals surface area contributed by atoms with Gasteiger partial charge in [0.1, 0.15) is 6.61 Å². The third-order valence-electron chi connectivity index (χ3n) is 1.10. The highest BCUT2D eigenvalue weighted by atomic mass is 16.7. The Morgan fingerprint density at radius 2 is 1.77 bits per heavy atom. The van der Waals surface area contributed by atoms with Crippen LogP contribution < -0.4 is 0 Å². The van der Waals surface area contributed by atoms with Crippen LogP contribution in [0.5, 0.6) is 0 Å². The van der Waals surface area contributed by atoms with Crippen LogP contribution in [-0.2, 0) is 14.2 Å². The zero-order chi connectivity index (χ0) is 10.3. The molecule has 0 bridgehead atoms. The van der Waals surface area contributed by atoms with Crippen molar-refractivity contribution in [2.45, 2.75) is 33.3 Å².